The van der Waals surface area contributed by atoms with Crippen LogP contribution in [-0.2, 0) is 0 Å². The van der Waals surface area contributed by atoms with Crippen molar-refractivity contribution in [3.05, 3.63) is 54.0 Å². The van der Waals surface area contributed by atoms with Gasteiger partial charge in [-0.3, -0.25) is 4.40 Å². The highest BCUT2D eigenvalue weighted by atomic mass is 32.1. The first-order chi connectivity index (χ1) is 12.7. The lowest BCUT2D eigenvalue weighted by Gasteiger charge is -2.11. The Balaban J connectivity index is 1.58. The van der Waals surface area contributed by atoms with Crippen LogP contribution in [0.15, 0.2) is 42.6 Å². The van der Waals surface area contributed by atoms with Crippen molar-refractivity contribution < 1.29 is 9.13 Å². The molecular weight excluding hydrogens is 349 g/mol. The normalized spacial score (nSPS) is 17.4. The molecule has 26 heavy (non-hydrogen) atoms. The highest BCUT2D eigenvalue weighted by Crippen LogP contribution is 2.33. The van der Waals surface area contributed by atoms with Gasteiger partial charge in [-0.25, -0.2) is 9.37 Å². The standard InChI is InChI=1S/C20H18FN3OS/c1-25-13-5-7-19-18(10-13)24-11-17(23-20(24)26-19)14-6-4-12(9-15(14)21)16-3-2-8-22-16/h4-7,9-11,16,22H,2-3,8H2,1H3. The van der Waals surface area contributed by atoms with Gasteiger partial charge in [0.1, 0.15) is 11.6 Å². The summed E-state index contributed by atoms with van der Waals surface area (Å²) in [6.07, 6.45) is 4.11. The van der Waals surface area contributed by atoms with E-state index in [4.69, 9.17) is 4.74 Å². The van der Waals surface area contributed by atoms with E-state index in [1.54, 1.807) is 24.5 Å². The minimum absolute atomic E-state index is 0.219. The molecule has 0 spiro atoms. The zero-order valence-electron chi connectivity index (χ0n) is 14.3. The van der Waals surface area contributed by atoms with Crippen LogP contribution < -0.4 is 10.1 Å². The number of hydrogen-bond donors (Lipinski definition) is 1. The van der Waals surface area contributed by atoms with Gasteiger partial charge < -0.3 is 10.1 Å². The van der Waals surface area contributed by atoms with Crippen LogP contribution in [0.2, 0.25) is 0 Å². The van der Waals surface area contributed by atoms with Gasteiger partial charge in [-0.05, 0) is 49.2 Å². The molecule has 1 saturated heterocycles. The van der Waals surface area contributed by atoms with Gasteiger partial charge in [0.2, 0.25) is 0 Å². The van der Waals surface area contributed by atoms with E-state index in [0.717, 1.165) is 45.9 Å². The second-order valence-corrected chi connectivity index (χ2v) is 7.61. The lowest BCUT2D eigenvalue weighted by molar-refractivity contribution is 0.415. The SMILES string of the molecule is COc1ccc2sc3nc(-c4ccc(C5CCCN5)cc4F)cn3c2c1. The Labute approximate surface area is 154 Å². The summed E-state index contributed by atoms with van der Waals surface area (Å²) in [5.74, 6) is 0.580. The number of hydrogen-bond acceptors (Lipinski definition) is 4. The summed E-state index contributed by atoms with van der Waals surface area (Å²) in [6, 6.07) is 11.7. The second kappa shape index (κ2) is 6.07. The van der Waals surface area contributed by atoms with E-state index in [9.17, 15) is 4.39 Å². The van der Waals surface area contributed by atoms with Crippen molar-refractivity contribution >= 4 is 26.5 Å². The van der Waals surface area contributed by atoms with Crippen molar-refractivity contribution in [1.29, 1.82) is 0 Å². The number of fused-ring (bicyclic) bond motifs is 3. The van der Waals surface area contributed by atoms with Gasteiger partial charge in [0.25, 0.3) is 0 Å². The third kappa shape index (κ3) is 2.48. The van der Waals surface area contributed by atoms with E-state index < -0.39 is 0 Å². The van der Waals surface area contributed by atoms with Gasteiger partial charge in [-0.2, -0.15) is 0 Å². The molecule has 1 aliphatic rings. The smallest absolute Gasteiger partial charge is 0.195 e. The van der Waals surface area contributed by atoms with Gasteiger partial charge in [-0.15, -0.1) is 0 Å². The molecule has 0 bridgehead atoms. The number of aromatic nitrogens is 2. The van der Waals surface area contributed by atoms with Crippen molar-refractivity contribution in [2.45, 2.75) is 18.9 Å². The van der Waals surface area contributed by atoms with Crippen LogP contribution >= 0.6 is 11.3 Å². The maximum absolute atomic E-state index is 14.8. The molecular formula is C20H18FN3OS. The molecule has 1 atom stereocenters. The third-order valence-corrected chi connectivity index (χ3v) is 6.07. The minimum atomic E-state index is -0.219. The van der Waals surface area contributed by atoms with Crippen LogP contribution in [0.3, 0.4) is 0 Å². The molecule has 1 aliphatic heterocycles. The first kappa shape index (κ1) is 15.8. The summed E-state index contributed by atoms with van der Waals surface area (Å²) in [4.78, 5) is 5.50. The molecule has 0 amide bonds. The molecule has 2 aromatic heterocycles. The summed E-state index contributed by atoms with van der Waals surface area (Å²) in [5, 5.41) is 3.41. The Kier molecular flexibility index (Phi) is 3.69. The molecule has 4 nitrogen and oxygen atoms in total. The van der Waals surface area contributed by atoms with Crippen molar-refractivity contribution in [2.24, 2.45) is 0 Å². The number of rotatable bonds is 3. The molecule has 0 aliphatic carbocycles. The fourth-order valence-electron chi connectivity index (χ4n) is 3.66. The van der Waals surface area contributed by atoms with Crippen molar-refractivity contribution in [3.8, 4) is 17.0 Å². The molecule has 0 radical (unpaired) electrons. The second-order valence-electron chi connectivity index (χ2n) is 6.60. The largest absolute Gasteiger partial charge is 0.497 e. The van der Waals surface area contributed by atoms with Crippen molar-refractivity contribution in [3.63, 3.8) is 0 Å². The Morgan fingerprint density at radius 1 is 1.27 bits per heavy atom. The lowest BCUT2D eigenvalue weighted by Crippen LogP contribution is -2.12. The van der Waals surface area contributed by atoms with E-state index >= 15 is 0 Å². The van der Waals surface area contributed by atoms with E-state index in [0.29, 0.717) is 11.3 Å². The number of halogens is 1. The summed E-state index contributed by atoms with van der Waals surface area (Å²) in [7, 11) is 1.65. The number of benzene rings is 2. The first-order valence-corrected chi connectivity index (χ1v) is 9.53. The number of imidazole rings is 1. The molecule has 1 unspecified atom stereocenters. The molecule has 3 heterocycles. The molecule has 4 aromatic rings. The highest BCUT2D eigenvalue weighted by molar-refractivity contribution is 7.23. The van der Waals surface area contributed by atoms with Crippen LogP contribution in [0.1, 0.15) is 24.4 Å². The number of thiazole rings is 1. The van der Waals surface area contributed by atoms with Crippen molar-refractivity contribution in [2.75, 3.05) is 13.7 Å². The minimum Gasteiger partial charge on any atom is -0.497 e. The predicted octanol–water partition coefficient (Wildman–Crippen LogP) is 4.79. The van der Waals surface area contributed by atoms with Crippen LogP contribution in [0.25, 0.3) is 26.4 Å². The predicted molar refractivity (Wildman–Crippen MR) is 102 cm³/mol. The van der Waals surface area contributed by atoms with Gasteiger partial charge >= 0.3 is 0 Å². The summed E-state index contributed by atoms with van der Waals surface area (Å²) in [5.41, 5.74) is 3.23. The van der Waals surface area contributed by atoms with Gasteiger partial charge in [0, 0.05) is 23.9 Å². The zero-order chi connectivity index (χ0) is 17.7. The summed E-state index contributed by atoms with van der Waals surface area (Å²) < 4.78 is 23.2. The number of methoxy groups -OCH3 is 1. The molecule has 5 rings (SSSR count). The Morgan fingerprint density at radius 3 is 2.96 bits per heavy atom. The molecule has 1 fully saturated rings. The Bertz CT molecular complexity index is 1110. The van der Waals surface area contributed by atoms with Gasteiger partial charge in [-0.1, -0.05) is 17.4 Å². The van der Waals surface area contributed by atoms with Crippen LogP contribution in [0.4, 0.5) is 4.39 Å². The number of nitrogens with zero attached hydrogens (tertiary/aromatic N) is 2. The molecule has 0 saturated carbocycles. The summed E-state index contributed by atoms with van der Waals surface area (Å²) >= 11 is 1.59. The van der Waals surface area contributed by atoms with E-state index in [-0.39, 0.29) is 11.9 Å². The van der Waals surface area contributed by atoms with Crippen LogP contribution in [0, 0.1) is 5.82 Å². The third-order valence-electron chi connectivity index (χ3n) is 5.03. The van der Waals surface area contributed by atoms with Crippen molar-refractivity contribution in [1.82, 2.24) is 14.7 Å². The summed E-state index contributed by atoms with van der Waals surface area (Å²) in [6.45, 7) is 1.00. The average molecular weight is 367 g/mol. The highest BCUT2D eigenvalue weighted by Gasteiger charge is 2.19. The molecule has 2 aromatic carbocycles. The van der Waals surface area contributed by atoms with Gasteiger partial charge in [0.15, 0.2) is 4.96 Å². The van der Waals surface area contributed by atoms with Crippen LogP contribution in [-0.4, -0.2) is 23.0 Å². The fourth-order valence-corrected chi connectivity index (χ4v) is 4.65. The zero-order valence-corrected chi connectivity index (χ0v) is 15.1. The average Bonchev–Trinajstić information content (AvgIpc) is 3.37. The number of ether oxygens (including phenoxy) is 1. The first-order valence-electron chi connectivity index (χ1n) is 8.72. The van der Waals surface area contributed by atoms with E-state index in [1.807, 2.05) is 40.9 Å². The van der Waals surface area contributed by atoms with E-state index in [1.165, 1.54) is 0 Å². The number of nitrogens with one attached hydrogen (secondary N) is 1. The molecule has 1 N–H and O–H groups in total. The molecule has 132 valence electrons. The van der Waals surface area contributed by atoms with E-state index in [2.05, 4.69) is 10.3 Å². The molecule has 6 heteroatoms. The lowest BCUT2D eigenvalue weighted by atomic mass is 10.0. The quantitative estimate of drug-likeness (QED) is 0.566. The monoisotopic (exact) mass is 367 g/mol. The van der Waals surface area contributed by atoms with Gasteiger partial charge in [0.05, 0.1) is 23.0 Å². The Hall–Kier alpha value is -2.44. The maximum atomic E-state index is 14.8. The fraction of sp³-hybridized carbons (Fsp3) is 0.250. The Morgan fingerprint density at radius 2 is 2.19 bits per heavy atom. The van der Waals surface area contributed by atoms with Crippen LogP contribution in [0.5, 0.6) is 5.75 Å². The topological polar surface area (TPSA) is 38.6 Å². The maximum Gasteiger partial charge on any atom is 0.195 e.